The van der Waals surface area contributed by atoms with Crippen LogP contribution in [0.4, 0.5) is 0 Å². The van der Waals surface area contributed by atoms with Gasteiger partial charge in [0.05, 0.1) is 12.3 Å². The Labute approximate surface area is 143 Å². The Morgan fingerprint density at radius 1 is 1.20 bits per heavy atom. The molecule has 0 atom stereocenters. The van der Waals surface area contributed by atoms with E-state index in [9.17, 15) is 8.42 Å². The molecule has 6 nitrogen and oxygen atoms in total. The van der Waals surface area contributed by atoms with Crippen molar-refractivity contribution in [1.82, 2.24) is 14.9 Å². The van der Waals surface area contributed by atoms with Crippen LogP contribution in [0.25, 0.3) is 0 Å². The number of thioether (sulfide) groups is 1. The molecule has 1 aliphatic heterocycles. The second-order valence-corrected chi connectivity index (χ2v) is 7.43. The van der Waals surface area contributed by atoms with Crippen LogP contribution < -0.4 is 10.6 Å². The fourth-order valence-electron chi connectivity index (χ4n) is 1.74. The van der Waals surface area contributed by atoms with Crippen LogP contribution in [0.15, 0.2) is 4.99 Å². The van der Waals surface area contributed by atoms with Crippen molar-refractivity contribution in [1.29, 1.82) is 0 Å². The van der Waals surface area contributed by atoms with Gasteiger partial charge >= 0.3 is 0 Å². The molecule has 1 aliphatic rings. The van der Waals surface area contributed by atoms with Crippen molar-refractivity contribution in [2.75, 3.05) is 50.0 Å². The Bertz CT molecular complexity index is 376. The summed E-state index contributed by atoms with van der Waals surface area (Å²) in [6.45, 7) is 7.04. The molecule has 120 valence electrons. The number of hydrogen-bond acceptors (Lipinski definition) is 4. The van der Waals surface area contributed by atoms with Gasteiger partial charge in [0.25, 0.3) is 0 Å². The van der Waals surface area contributed by atoms with Crippen molar-refractivity contribution < 1.29 is 8.42 Å². The lowest BCUT2D eigenvalue weighted by Crippen LogP contribution is -2.40. The summed E-state index contributed by atoms with van der Waals surface area (Å²) in [5.74, 6) is 2.54. The van der Waals surface area contributed by atoms with E-state index in [0.717, 1.165) is 24.6 Å². The van der Waals surface area contributed by atoms with Crippen LogP contribution >= 0.6 is 35.7 Å². The van der Waals surface area contributed by atoms with Gasteiger partial charge in [0, 0.05) is 37.7 Å². The van der Waals surface area contributed by atoms with Crippen molar-refractivity contribution in [3.8, 4) is 0 Å². The zero-order valence-electron chi connectivity index (χ0n) is 12.1. The van der Waals surface area contributed by atoms with E-state index in [4.69, 9.17) is 0 Å². The monoisotopic (exact) mass is 436 g/mol. The SMILES string of the molecule is CCNC(=NCCS(=O)(=O)N1CCSCC1)NCC.I. The third-order valence-corrected chi connectivity index (χ3v) is 5.46. The standard InChI is InChI=1S/C11H24N4O2S2.HI/c1-3-12-11(13-4-2)14-5-10-19(16,17)15-6-8-18-9-7-15;/h3-10H2,1-2H3,(H2,12,13,14);1H. The Hall–Kier alpha value is 0.260. The first kappa shape index (κ1) is 20.3. The molecule has 2 N–H and O–H groups in total. The summed E-state index contributed by atoms with van der Waals surface area (Å²) in [6, 6.07) is 0. The van der Waals surface area contributed by atoms with E-state index < -0.39 is 10.0 Å². The van der Waals surface area contributed by atoms with Gasteiger partial charge in [-0.25, -0.2) is 12.7 Å². The maximum Gasteiger partial charge on any atom is 0.215 e. The molecule has 0 aromatic heterocycles. The molecule has 1 fully saturated rings. The van der Waals surface area contributed by atoms with Crippen LogP contribution in [0.5, 0.6) is 0 Å². The molecule has 0 aromatic rings. The highest BCUT2D eigenvalue weighted by molar-refractivity contribution is 14.0. The van der Waals surface area contributed by atoms with Gasteiger partial charge in [-0.15, -0.1) is 24.0 Å². The fourth-order valence-corrected chi connectivity index (χ4v) is 4.19. The topological polar surface area (TPSA) is 73.8 Å². The summed E-state index contributed by atoms with van der Waals surface area (Å²) in [7, 11) is -3.15. The van der Waals surface area contributed by atoms with Gasteiger partial charge in [-0.05, 0) is 13.8 Å². The number of rotatable bonds is 6. The van der Waals surface area contributed by atoms with Gasteiger partial charge in [-0.1, -0.05) is 0 Å². The van der Waals surface area contributed by atoms with Crippen LogP contribution in [0.3, 0.4) is 0 Å². The number of hydrogen-bond donors (Lipinski definition) is 2. The molecule has 0 aromatic carbocycles. The number of nitrogens with zero attached hydrogens (tertiary/aromatic N) is 2. The van der Waals surface area contributed by atoms with E-state index in [1.54, 1.807) is 16.1 Å². The Balaban J connectivity index is 0.00000361. The summed E-state index contributed by atoms with van der Waals surface area (Å²) < 4.78 is 25.8. The minimum absolute atomic E-state index is 0. The van der Waals surface area contributed by atoms with Gasteiger partial charge in [0.15, 0.2) is 5.96 Å². The second kappa shape index (κ2) is 10.9. The fraction of sp³-hybridized carbons (Fsp3) is 0.909. The van der Waals surface area contributed by atoms with Crippen molar-refractivity contribution in [3.05, 3.63) is 0 Å². The minimum atomic E-state index is -3.15. The van der Waals surface area contributed by atoms with Gasteiger partial charge in [0.1, 0.15) is 0 Å². The zero-order valence-corrected chi connectivity index (χ0v) is 16.1. The van der Waals surface area contributed by atoms with Gasteiger partial charge in [-0.2, -0.15) is 11.8 Å². The Kier molecular flexibility index (Phi) is 11.1. The molecule has 0 aliphatic carbocycles. The summed E-state index contributed by atoms with van der Waals surface area (Å²) >= 11 is 1.80. The molecular formula is C11H25IN4O2S2. The summed E-state index contributed by atoms with van der Waals surface area (Å²) in [5.41, 5.74) is 0. The van der Waals surface area contributed by atoms with Crippen LogP contribution in [0.1, 0.15) is 13.8 Å². The van der Waals surface area contributed by atoms with E-state index in [-0.39, 0.29) is 29.7 Å². The lowest BCUT2D eigenvalue weighted by Gasteiger charge is -2.25. The molecule has 0 radical (unpaired) electrons. The minimum Gasteiger partial charge on any atom is -0.357 e. The quantitative estimate of drug-likeness (QED) is 0.362. The van der Waals surface area contributed by atoms with Crippen molar-refractivity contribution in [3.63, 3.8) is 0 Å². The molecular weight excluding hydrogens is 411 g/mol. The maximum atomic E-state index is 12.1. The van der Waals surface area contributed by atoms with Crippen molar-refractivity contribution in [2.24, 2.45) is 4.99 Å². The lowest BCUT2D eigenvalue weighted by molar-refractivity contribution is 0.444. The zero-order chi connectivity index (χ0) is 14.1. The summed E-state index contributed by atoms with van der Waals surface area (Å²) in [5, 5.41) is 6.15. The molecule has 1 rings (SSSR count). The average Bonchev–Trinajstić information content (AvgIpc) is 2.40. The van der Waals surface area contributed by atoms with Gasteiger partial charge in [-0.3, -0.25) is 4.99 Å². The van der Waals surface area contributed by atoms with Gasteiger partial charge in [0.2, 0.25) is 10.0 Å². The largest absolute Gasteiger partial charge is 0.357 e. The normalized spacial score (nSPS) is 16.1. The van der Waals surface area contributed by atoms with E-state index in [2.05, 4.69) is 15.6 Å². The highest BCUT2D eigenvalue weighted by atomic mass is 127. The van der Waals surface area contributed by atoms with Crippen LogP contribution in [0.2, 0.25) is 0 Å². The molecule has 9 heteroatoms. The smallest absolute Gasteiger partial charge is 0.215 e. The summed E-state index contributed by atoms with van der Waals surface area (Å²) in [4.78, 5) is 4.27. The second-order valence-electron chi connectivity index (χ2n) is 4.12. The van der Waals surface area contributed by atoms with E-state index in [1.807, 2.05) is 13.8 Å². The van der Waals surface area contributed by atoms with Crippen LogP contribution in [0, 0.1) is 0 Å². The molecule has 1 heterocycles. The number of halogens is 1. The Morgan fingerprint density at radius 3 is 2.25 bits per heavy atom. The molecule has 0 unspecified atom stereocenters. The highest BCUT2D eigenvalue weighted by Gasteiger charge is 2.23. The van der Waals surface area contributed by atoms with E-state index >= 15 is 0 Å². The van der Waals surface area contributed by atoms with E-state index in [1.165, 1.54) is 0 Å². The molecule has 0 spiro atoms. The third kappa shape index (κ3) is 7.32. The number of nitrogens with one attached hydrogen (secondary N) is 2. The first-order valence-corrected chi connectivity index (χ1v) is 9.44. The highest BCUT2D eigenvalue weighted by Crippen LogP contribution is 2.13. The molecule has 1 saturated heterocycles. The molecule has 0 amide bonds. The molecule has 20 heavy (non-hydrogen) atoms. The van der Waals surface area contributed by atoms with E-state index in [0.29, 0.717) is 25.6 Å². The maximum absolute atomic E-state index is 12.1. The predicted molar refractivity (Wildman–Crippen MR) is 97.8 cm³/mol. The van der Waals surface area contributed by atoms with Crippen molar-refractivity contribution in [2.45, 2.75) is 13.8 Å². The predicted octanol–water partition coefficient (Wildman–Crippen LogP) is 0.558. The average molecular weight is 436 g/mol. The van der Waals surface area contributed by atoms with Crippen molar-refractivity contribution >= 4 is 51.7 Å². The molecule has 0 bridgehead atoms. The number of guanidine groups is 1. The van der Waals surface area contributed by atoms with Gasteiger partial charge < -0.3 is 10.6 Å². The summed E-state index contributed by atoms with van der Waals surface area (Å²) in [6.07, 6.45) is 0. The van der Waals surface area contributed by atoms with Crippen LogP contribution in [-0.4, -0.2) is 68.7 Å². The third-order valence-electron chi connectivity index (χ3n) is 2.67. The van der Waals surface area contributed by atoms with Crippen LogP contribution in [-0.2, 0) is 10.0 Å². The number of sulfonamides is 1. The first-order valence-electron chi connectivity index (χ1n) is 6.68. The molecule has 0 saturated carbocycles. The lowest BCUT2D eigenvalue weighted by atomic mass is 10.6. The first-order chi connectivity index (χ1) is 9.10. The Morgan fingerprint density at radius 2 is 1.75 bits per heavy atom. The number of aliphatic imine (C=N–C) groups is 1.